The second-order valence-electron chi connectivity index (χ2n) is 3.52. The first-order valence-electron chi connectivity index (χ1n) is 5.07. The standard InChI is InChI=1S/C10H11N3O3S/c14-9(7-5-11-1-2-12-7)13-3-4-17-6-8(13)10(15)16/h1-2,5,8H,3-4,6H2,(H,15,16). The first-order valence-corrected chi connectivity index (χ1v) is 6.23. The molecule has 1 saturated heterocycles. The fourth-order valence-electron chi connectivity index (χ4n) is 1.61. The maximum atomic E-state index is 12.1. The van der Waals surface area contributed by atoms with E-state index in [9.17, 15) is 9.59 Å². The first-order chi connectivity index (χ1) is 8.20. The summed E-state index contributed by atoms with van der Waals surface area (Å²) in [6, 6.07) is -0.775. The molecule has 2 rings (SSSR count). The maximum Gasteiger partial charge on any atom is 0.327 e. The van der Waals surface area contributed by atoms with E-state index in [2.05, 4.69) is 9.97 Å². The van der Waals surface area contributed by atoms with E-state index in [1.54, 1.807) is 0 Å². The Bertz CT molecular complexity index is 426. The molecule has 0 aromatic carbocycles. The summed E-state index contributed by atoms with van der Waals surface area (Å²) >= 11 is 1.54. The van der Waals surface area contributed by atoms with Gasteiger partial charge in [0.15, 0.2) is 0 Å². The average molecular weight is 253 g/mol. The van der Waals surface area contributed by atoms with Crippen LogP contribution in [0.2, 0.25) is 0 Å². The van der Waals surface area contributed by atoms with E-state index in [1.807, 2.05) is 0 Å². The van der Waals surface area contributed by atoms with Crippen molar-refractivity contribution in [2.45, 2.75) is 6.04 Å². The van der Waals surface area contributed by atoms with E-state index < -0.39 is 12.0 Å². The topological polar surface area (TPSA) is 83.4 Å². The van der Waals surface area contributed by atoms with E-state index in [0.717, 1.165) is 5.75 Å². The van der Waals surface area contributed by atoms with Crippen molar-refractivity contribution in [3.8, 4) is 0 Å². The number of amides is 1. The van der Waals surface area contributed by atoms with Gasteiger partial charge < -0.3 is 10.0 Å². The summed E-state index contributed by atoms with van der Waals surface area (Å²) in [5, 5.41) is 9.06. The zero-order valence-corrected chi connectivity index (χ0v) is 9.76. The molecular weight excluding hydrogens is 242 g/mol. The van der Waals surface area contributed by atoms with Gasteiger partial charge in [-0.15, -0.1) is 0 Å². The van der Waals surface area contributed by atoms with Crippen LogP contribution in [0.4, 0.5) is 0 Å². The van der Waals surface area contributed by atoms with Crippen LogP contribution >= 0.6 is 11.8 Å². The average Bonchev–Trinajstić information content (AvgIpc) is 2.39. The predicted molar refractivity (Wildman–Crippen MR) is 61.8 cm³/mol. The second-order valence-corrected chi connectivity index (χ2v) is 4.67. The number of hydrogen-bond donors (Lipinski definition) is 1. The highest BCUT2D eigenvalue weighted by Crippen LogP contribution is 2.18. The Kier molecular flexibility index (Phi) is 3.58. The number of carboxylic acids is 1. The van der Waals surface area contributed by atoms with E-state index in [0.29, 0.717) is 12.3 Å². The summed E-state index contributed by atoms with van der Waals surface area (Å²) in [7, 11) is 0. The second kappa shape index (κ2) is 5.13. The lowest BCUT2D eigenvalue weighted by Crippen LogP contribution is -2.50. The van der Waals surface area contributed by atoms with Crippen molar-refractivity contribution in [1.29, 1.82) is 0 Å². The lowest BCUT2D eigenvalue weighted by molar-refractivity contribution is -0.141. The molecule has 1 unspecified atom stereocenters. The summed E-state index contributed by atoms with van der Waals surface area (Å²) in [4.78, 5) is 32.2. The van der Waals surface area contributed by atoms with Crippen molar-refractivity contribution in [1.82, 2.24) is 14.9 Å². The molecule has 1 N–H and O–H groups in total. The molecule has 1 fully saturated rings. The molecule has 1 aliphatic rings. The Hall–Kier alpha value is -1.63. The highest BCUT2D eigenvalue weighted by atomic mass is 32.2. The van der Waals surface area contributed by atoms with Crippen molar-refractivity contribution in [2.75, 3.05) is 18.1 Å². The molecule has 17 heavy (non-hydrogen) atoms. The van der Waals surface area contributed by atoms with Crippen molar-refractivity contribution in [2.24, 2.45) is 0 Å². The van der Waals surface area contributed by atoms with Gasteiger partial charge in [0.1, 0.15) is 11.7 Å². The van der Waals surface area contributed by atoms with Gasteiger partial charge in [0.05, 0.1) is 6.20 Å². The summed E-state index contributed by atoms with van der Waals surface area (Å²) < 4.78 is 0. The Balaban J connectivity index is 2.20. The van der Waals surface area contributed by atoms with Gasteiger partial charge in [-0.2, -0.15) is 11.8 Å². The molecule has 90 valence electrons. The number of thioether (sulfide) groups is 1. The molecule has 0 aliphatic carbocycles. The summed E-state index contributed by atoms with van der Waals surface area (Å²) in [5.74, 6) is -0.183. The van der Waals surface area contributed by atoms with Crippen LogP contribution in [0.1, 0.15) is 10.5 Å². The molecule has 0 radical (unpaired) electrons. The van der Waals surface area contributed by atoms with Gasteiger partial charge in [-0.25, -0.2) is 9.78 Å². The molecular formula is C10H11N3O3S. The smallest absolute Gasteiger partial charge is 0.327 e. The van der Waals surface area contributed by atoms with E-state index >= 15 is 0 Å². The van der Waals surface area contributed by atoms with Crippen molar-refractivity contribution < 1.29 is 14.7 Å². The molecule has 0 bridgehead atoms. The van der Waals surface area contributed by atoms with Crippen molar-refractivity contribution >= 4 is 23.6 Å². The molecule has 6 nitrogen and oxygen atoms in total. The quantitative estimate of drug-likeness (QED) is 0.806. The molecule has 0 saturated carbocycles. The molecule has 7 heteroatoms. The number of carbonyl (C=O) groups excluding carboxylic acids is 1. The van der Waals surface area contributed by atoms with Crippen LogP contribution in [-0.4, -0.2) is 55.9 Å². The fraction of sp³-hybridized carbons (Fsp3) is 0.400. The van der Waals surface area contributed by atoms with E-state index in [1.165, 1.54) is 35.3 Å². The predicted octanol–water partition coefficient (Wildman–Crippen LogP) is 0.119. The molecule has 1 aromatic heterocycles. The lowest BCUT2D eigenvalue weighted by Gasteiger charge is -2.32. The van der Waals surface area contributed by atoms with Crippen LogP contribution in [0.25, 0.3) is 0 Å². The number of carbonyl (C=O) groups is 2. The number of rotatable bonds is 2. The molecule has 1 amide bonds. The third kappa shape index (κ3) is 2.55. The summed E-state index contributed by atoms with van der Waals surface area (Å²) in [6.45, 7) is 0.428. The number of aliphatic carboxylic acids is 1. The highest BCUT2D eigenvalue weighted by Gasteiger charge is 2.33. The number of hydrogen-bond acceptors (Lipinski definition) is 5. The molecule has 0 spiro atoms. The number of nitrogens with zero attached hydrogens (tertiary/aromatic N) is 3. The number of carboxylic acid groups (broad SMARTS) is 1. The minimum absolute atomic E-state index is 0.186. The number of aromatic nitrogens is 2. The van der Waals surface area contributed by atoms with Crippen molar-refractivity contribution in [3.63, 3.8) is 0 Å². The molecule has 1 aliphatic heterocycles. The molecule has 1 atom stereocenters. The largest absolute Gasteiger partial charge is 0.480 e. The van der Waals surface area contributed by atoms with Gasteiger partial charge in [-0.1, -0.05) is 0 Å². The minimum atomic E-state index is -0.977. The minimum Gasteiger partial charge on any atom is -0.480 e. The zero-order valence-electron chi connectivity index (χ0n) is 8.94. The zero-order chi connectivity index (χ0) is 12.3. The maximum absolute atomic E-state index is 12.1. The Morgan fingerprint density at radius 2 is 2.29 bits per heavy atom. The van der Waals surface area contributed by atoms with Gasteiger partial charge in [0.2, 0.25) is 0 Å². The van der Waals surface area contributed by atoms with Crippen LogP contribution < -0.4 is 0 Å². The van der Waals surface area contributed by atoms with Gasteiger partial charge >= 0.3 is 5.97 Å². The third-order valence-electron chi connectivity index (χ3n) is 2.46. The normalized spacial score (nSPS) is 20.0. The summed E-state index contributed by atoms with van der Waals surface area (Å²) in [5.41, 5.74) is 0.186. The van der Waals surface area contributed by atoms with Crippen LogP contribution in [0.5, 0.6) is 0 Å². The third-order valence-corrected chi connectivity index (χ3v) is 3.48. The monoisotopic (exact) mass is 253 g/mol. The fourth-order valence-corrected chi connectivity index (χ4v) is 2.65. The van der Waals surface area contributed by atoms with Gasteiger partial charge in [-0.3, -0.25) is 9.78 Å². The van der Waals surface area contributed by atoms with Crippen LogP contribution in [-0.2, 0) is 4.79 Å². The van der Waals surface area contributed by atoms with Crippen LogP contribution in [0, 0.1) is 0 Å². The van der Waals surface area contributed by atoms with E-state index in [4.69, 9.17) is 5.11 Å². The van der Waals surface area contributed by atoms with Crippen molar-refractivity contribution in [3.05, 3.63) is 24.3 Å². The van der Waals surface area contributed by atoms with Crippen LogP contribution in [0.15, 0.2) is 18.6 Å². The van der Waals surface area contributed by atoms with Gasteiger partial charge in [0.25, 0.3) is 5.91 Å². The van der Waals surface area contributed by atoms with Crippen LogP contribution in [0.3, 0.4) is 0 Å². The van der Waals surface area contributed by atoms with Gasteiger partial charge in [0, 0.05) is 30.4 Å². The highest BCUT2D eigenvalue weighted by molar-refractivity contribution is 7.99. The Morgan fingerprint density at radius 3 is 2.94 bits per heavy atom. The summed E-state index contributed by atoms with van der Waals surface area (Å²) in [6.07, 6.45) is 4.24. The first kappa shape index (κ1) is 11.8. The Labute approximate surface area is 102 Å². The molecule has 2 heterocycles. The Morgan fingerprint density at radius 1 is 1.47 bits per heavy atom. The van der Waals surface area contributed by atoms with E-state index in [-0.39, 0.29) is 11.6 Å². The SMILES string of the molecule is O=C(O)C1CSCCN1C(=O)c1cnccn1. The molecule has 1 aromatic rings. The lowest BCUT2D eigenvalue weighted by atomic mass is 10.2. The van der Waals surface area contributed by atoms with Gasteiger partial charge in [-0.05, 0) is 0 Å².